The molecule has 2 heteroatoms. The fourth-order valence-corrected chi connectivity index (χ4v) is 2.72. The molecule has 88 valence electrons. The molecule has 0 radical (unpaired) electrons. The maximum atomic E-state index is 11.8. The first-order valence-corrected chi connectivity index (χ1v) is 6.22. The Balaban J connectivity index is 2.65. The average molecular weight is 212 g/mol. The highest BCUT2D eigenvalue weighted by molar-refractivity contribution is 5.73. The van der Waals surface area contributed by atoms with Crippen molar-refractivity contribution in [2.45, 2.75) is 47.0 Å². The molecule has 1 aliphatic rings. The van der Waals surface area contributed by atoms with Crippen molar-refractivity contribution in [1.29, 1.82) is 0 Å². The van der Waals surface area contributed by atoms with Crippen LogP contribution < -0.4 is 0 Å². The SMILES string of the molecule is CCOC(=O)C1CC(C)CCC1C(C)C. The van der Waals surface area contributed by atoms with Crippen LogP contribution in [0.3, 0.4) is 0 Å². The van der Waals surface area contributed by atoms with E-state index in [2.05, 4.69) is 20.8 Å². The van der Waals surface area contributed by atoms with Crippen molar-refractivity contribution >= 4 is 5.97 Å². The molecule has 1 rings (SSSR count). The normalized spacial score (nSPS) is 31.7. The highest BCUT2D eigenvalue weighted by Crippen LogP contribution is 2.38. The molecule has 1 aliphatic carbocycles. The highest BCUT2D eigenvalue weighted by Gasteiger charge is 2.36. The largest absolute Gasteiger partial charge is 0.466 e. The quantitative estimate of drug-likeness (QED) is 0.671. The average Bonchev–Trinajstić information content (AvgIpc) is 2.17. The lowest BCUT2D eigenvalue weighted by atomic mass is 9.70. The maximum absolute atomic E-state index is 11.8. The van der Waals surface area contributed by atoms with Crippen LogP contribution >= 0.6 is 0 Å². The number of carbonyl (C=O) groups excluding carboxylic acids is 1. The van der Waals surface area contributed by atoms with Crippen LogP contribution in [0.4, 0.5) is 0 Å². The molecule has 1 saturated carbocycles. The van der Waals surface area contributed by atoms with Crippen molar-refractivity contribution in [3.63, 3.8) is 0 Å². The second kappa shape index (κ2) is 5.53. The third kappa shape index (κ3) is 3.22. The summed E-state index contributed by atoms with van der Waals surface area (Å²) in [6.45, 7) is 9.06. The summed E-state index contributed by atoms with van der Waals surface area (Å²) in [5.74, 6) is 1.97. The van der Waals surface area contributed by atoms with Crippen LogP contribution in [-0.4, -0.2) is 12.6 Å². The summed E-state index contributed by atoms with van der Waals surface area (Å²) in [6.07, 6.45) is 3.46. The third-order valence-corrected chi connectivity index (χ3v) is 3.61. The van der Waals surface area contributed by atoms with Gasteiger partial charge in [-0.2, -0.15) is 0 Å². The van der Waals surface area contributed by atoms with Crippen LogP contribution in [0.2, 0.25) is 0 Å². The number of carbonyl (C=O) groups is 1. The van der Waals surface area contributed by atoms with Gasteiger partial charge in [-0.15, -0.1) is 0 Å². The Morgan fingerprint density at radius 2 is 2.07 bits per heavy atom. The maximum Gasteiger partial charge on any atom is 0.309 e. The van der Waals surface area contributed by atoms with Gasteiger partial charge in [-0.3, -0.25) is 4.79 Å². The molecule has 3 unspecified atom stereocenters. The van der Waals surface area contributed by atoms with Crippen molar-refractivity contribution in [2.75, 3.05) is 6.61 Å². The minimum absolute atomic E-state index is 0.0303. The fraction of sp³-hybridized carbons (Fsp3) is 0.923. The lowest BCUT2D eigenvalue weighted by molar-refractivity contribution is -0.152. The second-order valence-corrected chi connectivity index (χ2v) is 5.18. The van der Waals surface area contributed by atoms with E-state index in [9.17, 15) is 4.79 Å². The molecule has 0 saturated heterocycles. The Labute approximate surface area is 93.4 Å². The molecule has 0 amide bonds. The molecule has 1 fully saturated rings. The van der Waals surface area contributed by atoms with Gasteiger partial charge in [-0.1, -0.05) is 27.2 Å². The van der Waals surface area contributed by atoms with Crippen molar-refractivity contribution in [2.24, 2.45) is 23.7 Å². The summed E-state index contributed by atoms with van der Waals surface area (Å²) in [5, 5.41) is 0. The lowest BCUT2D eigenvalue weighted by Gasteiger charge is -2.35. The van der Waals surface area contributed by atoms with Crippen molar-refractivity contribution in [3.05, 3.63) is 0 Å². The lowest BCUT2D eigenvalue weighted by Crippen LogP contribution is -2.34. The van der Waals surface area contributed by atoms with Crippen molar-refractivity contribution < 1.29 is 9.53 Å². The smallest absolute Gasteiger partial charge is 0.309 e. The van der Waals surface area contributed by atoms with E-state index in [1.54, 1.807) is 0 Å². The first-order valence-electron chi connectivity index (χ1n) is 6.22. The van der Waals surface area contributed by atoms with Gasteiger partial charge in [0.15, 0.2) is 0 Å². The molecule has 2 nitrogen and oxygen atoms in total. The van der Waals surface area contributed by atoms with Gasteiger partial charge < -0.3 is 4.74 Å². The van der Waals surface area contributed by atoms with Crippen molar-refractivity contribution in [3.8, 4) is 0 Å². The summed E-state index contributed by atoms with van der Waals surface area (Å²) in [4.78, 5) is 11.8. The van der Waals surface area contributed by atoms with E-state index in [1.165, 1.54) is 12.8 Å². The molecule has 0 aliphatic heterocycles. The molecule has 0 spiro atoms. The summed E-state index contributed by atoms with van der Waals surface area (Å²) < 4.78 is 5.17. The predicted octanol–water partition coefficient (Wildman–Crippen LogP) is 3.26. The molecule has 3 atom stereocenters. The molecule has 0 N–H and O–H groups in total. The zero-order valence-electron chi connectivity index (χ0n) is 10.5. The second-order valence-electron chi connectivity index (χ2n) is 5.18. The molecule has 0 bridgehead atoms. The molecule has 0 aromatic heterocycles. The Hall–Kier alpha value is -0.530. The first kappa shape index (κ1) is 12.5. The van der Waals surface area contributed by atoms with E-state index in [0.29, 0.717) is 24.4 Å². The summed E-state index contributed by atoms with van der Waals surface area (Å²) in [5.41, 5.74) is 0. The van der Waals surface area contributed by atoms with Crippen molar-refractivity contribution in [1.82, 2.24) is 0 Å². The molecule has 0 aromatic carbocycles. The number of ether oxygens (including phenoxy) is 1. The Morgan fingerprint density at radius 1 is 1.40 bits per heavy atom. The van der Waals surface area contributed by atoms with Crippen LogP contribution in [0.15, 0.2) is 0 Å². The summed E-state index contributed by atoms with van der Waals surface area (Å²) in [7, 11) is 0. The minimum Gasteiger partial charge on any atom is -0.466 e. The molecular formula is C13H24O2. The molecule has 0 aromatic rings. The topological polar surface area (TPSA) is 26.3 Å². The van der Waals surface area contributed by atoms with E-state index < -0.39 is 0 Å². The molecule has 15 heavy (non-hydrogen) atoms. The van der Waals surface area contributed by atoms with Gasteiger partial charge in [0.1, 0.15) is 0 Å². The van der Waals surface area contributed by atoms with Crippen LogP contribution in [0.1, 0.15) is 47.0 Å². The zero-order chi connectivity index (χ0) is 11.4. The van der Waals surface area contributed by atoms with E-state index in [0.717, 1.165) is 6.42 Å². The Kier molecular flexibility index (Phi) is 4.62. The third-order valence-electron chi connectivity index (χ3n) is 3.61. The van der Waals surface area contributed by atoms with Crippen LogP contribution in [0.25, 0.3) is 0 Å². The number of hydrogen-bond donors (Lipinski definition) is 0. The monoisotopic (exact) mass is 212 g/mol. The standard InChI is InChI=1S/C13H24O2/c1-5-15-13(14)12-8-10(4)6-7-11(12)9(2)3/h9-12H,5-8H2,1-4H3. The van der Waals surface area contributed by atoms with Crippen LogP contribution in [-0.2, 0) is 9.53 Å². The number of esters is 1. The van der Waals surface area contributed by atoms with Gasteiger partial charge in [-0.05, 0) is 37.5 Å². The molecular weight excluding hydrogens is 188 g/mol. The molecule has 0 heterocycles. The van der Waals surface area contributed by atoms with Gasteiger partial charge in [0.25, 0.3) is 0 Å². The predicted molar refractivity (Wildman–Crippen MR) is 61.5 cm³/mol. The van der Waals surface area contributed by atoms with Gasteiger partial charge in [0.2, 0.25) is 0 Å². The van der Waals surface area contributed by atoms with Gasteiger partial charge in [0, 0.05) is 0 Å². The number of hydrogen-bond acceptors (Lipinski definition) is 2. The zero-order valence-corrected chi connectivity index (χ0v) is 10.5. The highest BCUT2D eigenvalue weighted by atomic mass is 16.5. The van der Waals surface area contributed by atoms with E-state index in [4.69, 9.17) is 4.74 Å². The number of rotatable bonds is 3. The minimum atomic E-state index is 0.0303. The fourth-order valence-electron chi connectivity index (χ4n) is 2.72. The van der Waals surface area contributed by atoms with Gasteiger partial charge in [-0.25, -0.2) is 0 Å². The van der Waals surface area contributed by atoms with Crippen LogP contribution in [0, 0.1) is 23.7 Å². The Morgan fingerprint density at radius 3 is 2.60 bits per heavy atom. The van der Waals surface area contributed by atoms with Crippen LogP contribution in [0.5, 0.6) is 0 Å². The van der Waals surface area contributed by atoms with E-state index >= 15 is 0 Å². The summed E-state index contributed by atoms with van der Waals surface area (Å²) >= 11 is 0. The van der Waals surface area contributed by atoms with Gasteiger partial charge in [0.05, 0.1) is 12.5 Å². The Bertz CT molecular complexity index is 211. The van der Waals surface area contributed by atoms with Gasteiger partial charge >= 0.3 is 5.97 Å². The summed E-state index contributed by atoms with van der Waals surface area (Å²) in [6, 6.07) is 0. The van der Waals surface area contributed by atoms with E-state index in [1.807, 2.05) is 6.92 Å². The first-order chi connectivity index (χ1) is 7.06. The van der Waals surface area contributed by atoms with E-state index in [-0.39, 0.29) is 11.9 Å².